The van der Waals surface area contributed by atoms with Crippen molar-refractivity contribution in [1.82, 2.24) is 5.32 Å². The van der Waals surface area contributed by atoms with E-state index < -0.39 is 15.1 Å². The standard InChI is InChI=1S/C20H19NO4S2/c1-25-16-9-11-17(12-10-16)27(23,24)19(18-8-5-13-26-18)14-21-20(22)15-6-3-2-4-7-15/h2-13,19H,14H2,1H3,(H,21,22). The fourth-order valence-corrected chi connectivity index (χ4v) is 5.43. The molecule has 7 heteroatoms. The number of hydrogen-bond acceptors (Lipinski definition) is 5. The average molecular weight is 402 g/mol. The van der Waals surface area contributed by atoms with Gasteiger partial charge in [-0.3, -0.25) is 4.79 Å². The van der Waals surface area contributed by atoms with Gasteiger partial charge in [0.2, 0.25) is 0 Å². The van der Waals surface area contributed by atoms with Crippen molar-refractivity contribution in [3.63, 3.8) is 0 Å². The van der Waals surface area contributed by atoms with Crippen LogP contribution in [0.25, 0.3) is 0 Å². The van der Waals surface area contributed by atoms with Crippen LogP contribution in [0.5, 0.6) is 5.75 Å². The van der Waals surface area contributed by atoms with Crippen LogP contribution in [0.2, 0.25) is 0 Å². The SMILES string of the molecule is COc1ccc(S(=O)(=O)C(CNC(=O)c2ccccc2)c2cccs2)cc1. The maximum atomic E-state index is 13.2. The summed E-state index contributed by atoms with van der Waals surface area (Å²) in [5.41, 5.74) is 0.490. The van der Waals surface area contributed by atoms with Gasteiger partial charge in [-0.1, -0.05) is 24.3 Å². The van der Waals surface area contributed by atoms with Crippen LogP contribution in [-0.4, -0.2) is 28.0 Å². The predicted molar refractivity (Wildman–Crippen MR) is 106 cm³/mol. The number of thiophene rings is 1. The first-order chi connectivity index (χ1) is 13.0. The van der Waals surface area contributed by atoms with Crippen molar-refractivity contribution in [3.05, 3.63) is 82.6 Å². The number of benzene rings is 2. The monoisotopic (exact) mass is 401 g/mol. The summed E-state index contributed by atoms with van der Waals surface area (Å²) in [7, 11) is -2.16. The van der Waals surface area contributed by atoms with E-state index in [0.717, 1.165) is 0 Å². The van der Waals surface area contributed by atoms with E-state index in [-0.39, 0.29) is 17.3 Å². The number of nitrogens with one attached hydrogen (secondary N) is 1. The Labute approximate surface area is 162 Å². The van der Waals surface area contributed by atoms with E-state index in [9.17, 15) is 13.2 Å². The van der Waals surface area contributed by atoms with Crippen LogP contribution in [0.3, 0.4) is 0 Å². The molecular weight excluding hydrogens is 382 g/mol. The second kappa shape index (κ2) is 8.37. The zero-order valence-electron chi connectivity index (χ0n) is 14.7. The molecule has 5 nitrogen and oxygen atoms in total. The smallest absolute Gasteiger partial charge is 0.251 e. The van der Waals surface area contributed by atoms with Crippen LogP contribution >= 0.6 is 11.3 Å². The van der Waals surface area contributed by atoms with Crippen molar-refractivity contribution >= 4 is 27.1 Å². The fraction of sp³-hybridized carbons (Fsp3) is 0.150. The maximum Gasteiger partial charge on any atom is 0.251 e. The summed E-state index contributed by atoms with van der Waals surface area (Å²) in [5.74, 6) is 0.279. The number of ether oxygens (including phenoxy) is 1. The van der Waals surface area contributed by atoms with Gasteiger partial charge < -0.3 is 10.1 Å². The summed E-state index contributed by atoms with van der Waals surface area (Å²) in [6.45, 7) is -0.0113. The number of carbonyl (C=O) groups excluding carboxylic acids is 1. The summed E-state index contributed by atoms with van der Waals surface area (Å²) >= 11 is 1.35. The minimum Gasteiger partial charge on any atom is -0.497 e. The molecule has 0 radical (unpaired) electrons. The number of carbonyl (C=O) groups is 1. The lowest BCUT2D eigenvalue weighted by atomic mass is 10.2. The molecule has 1 N–H and O–H groups in total. The van der Waals surface area contributed by atoms with Gasteiger partial charge >= 0.3 is 0 Å². The number of hydrogen-bond donors (Lipinski definition) is 1. The molecule has 3 rings (SSSR count). The third kappa shape index (κ3) is 4.37. The van der Waals surface area contributed by atoms with E-state index in [0.29, 0.717) is 16.2 Å². The van der Waals surface area contributed by atoms with Gasteiger partial charge in [-0.05, 0) is 47.8 Å². The molecule has 1 heterocycles. The predicted octanol–water partition coefficient (Wildman–Crippen LogP) is 3.70. The molecule has 1 aromatic heterocycles. The second-order valence-corrected chi connectivity index (χ2v) is 8.91. The molecule has 140 valence electrons. The third-order valence-electron chi connectivity index (χ3n) is 4.11. The van der Waals surface area contributed by atoms with Gasteiger partial charge in [0.1, 0.15) is 11.0 Å². The highest BCUT2D eigenvalue weighted by Crippen LogP contribution is 2.32. The topological polar surface area (TPSA) is 72.5 Å². The summed E-state index contributed by atoms with van der Waals surface area (Å²) in [6, 6.07) is 18.6. The quantitative estimate of drug-likeness (QED) is 0.655. The van der Waals surface area contributed by atoms with Gasteiger partial charge in [-0.15, -0.1) is 11.3 Å². The van der Waals surface area contributed by atoms with Gasteiger partial charge in [0.15, 0.2) is 9.84 Å². The lowest BCUT2D eigenvalue weighted by Crippen LogP contribution is -2.31. The van der Waals surface area contributed by atoms with Gasteiger partial charge in [0, 0.05) is 17.0 Å². The first kappa shape index (κ1) is 19.1. The van der Waals surface area contributed by atoms with Crippen LogP contribution in [0.1, 0.15) is 20.5 Å². The molecule has 1 atom stereocenters. The van der Waals surface area contributed by atoms with Crippen molar-refractivity contribution in [1.29, 1.82) is 0 Å². The van der Waals surface area contributed by atoms with E-state index in [1.807, 2.05) is 11.4 Å². The van der Waals surface area contributed by atoms with Crippen LogP contribution in [0, 0.1) is 0 Å². The molecule has 1 amide bonds. The van der Waals surface area contributed by atoms with E-state index in [1.165, 1.54) is 30.6 Å². The normalized spacial score (nSPS) is 12.3. The van der Waals surface area contributed by atoms with Gasteiger partial charge in [0.25, 0.3) is 5.91 Å². The number of amides is 1. The molecule has 0 saturated heterocycles. The number of rotatable bonds is 7. The molecule has 0 aliphatic rings. The van der Waals surface area contributed by atoms with Crippen LogP contribution in [-0.2, 0) is 9.84 Å². The lowest BCUT2D eigenvalue weighted by molar-refractivity contribution is 0.0953. The summed E-state index contributed by atoms with van der Waals surface area (Å²) in [5, 5.41) is 3.71. The Morgan fingerprint density at radius 2 is 1.74 bits per heavy atom. The maximum absolute atomic E-state index is 13.2. The molecule has 0 saturated carbocycles. The number of sulfone groups is 1. The summed E-state index contributed by atoms with van der Waals surface area (Å²) in [6.07, 6.45) is 0. The molecule has 0 aliphatic heterocycles. The Morgan fingerprint density at radius 3 is 2.33 bits per heavy atom. The minimum atomic E-state index is -3.69. The molecule has 0 spiro atoms. The van der Waals surface area contributed by atoms with Crippen molar-refractivity contribution in [2.24, 2.45) is 0 Å². The zero-order chi connectivity index (χ0) is 19.3. The average Bonchev–Trinajstić information content (AvgIpc) is 3.23. The van der Waals surface area contributed by atoms with E-state index in [4.69, 9.17) is 4.74 Å². The molecule has 0 bridgehead atoms. The van der Waals surface area contributed by atoms with Crippen molar-refractivity contribution in [2.75, 3.05) is 13.7 Å². The Bertz CT molecular complexity index is 982. The van der Waals surface area contributed by atoms with Crippen LogP contribution in [0.15, 0.2) is 77.0 Å². The fourth-order valence-electron chi connectivity index (χ4n) is 2.64. The number of methoxy groups -OCH3 is 1. The van der Waals surface area contributed by atoms with Crippen LogP contribution in [0.4, 0.5) is 0 Å². The highest BCUT2D eigenvalue weighted by Gasteiger charge is 2.30. The highest BCUT2D eigenvalue weighted by atomic mass is 32.2. The molecule has 3 aromatic rings. The first-order valence-corrected chi connectivity index (χ1v) is 10.7. The third-order valence-corrected chi connectivity index (χ3v) is 7.34. The van der Waals surface area contributed by atoms with Gasteiger partial charge in [-0.2, -0.15) is 0 Å². The van der Waals surface area contributed by atoms with Crippen molar-refractivity contribution in [3.8, 4) is 5.75 Å². The van der Waals surface area contributed by atoms with E-state index >= 15 is 0 Å². The molecule has 2 aromatic carbocycles. The largest absolute Gasteiger partial charge is 0.497 e. The van der Waals surface area contributed by atoms with Crippen molar-refractivity contribution in [2.45, 2.75) is 10.1 Å². The van der Waals surface area contributed by atoms with Gasteiger partial charge in [-0.25, -0.2) is 8.42 Å². The first-order valence-electron chi connectivity index (χ1n) is 8.27. The minimum absolute atomic E-state index is 0.0113. The molecule has 0 aliphatic carbocycles. The second-order valence-electron chi connectivity index (χ2n) is 5.80. The lowest BCUT2D eigenvalue weighted by Gasteiger charge is -2.18. The van der Waals surface area contributed by atoms with E-state index in [1.54, 1.807) is 48.5 Å². The molecular formula is C20H19NO4S2. The highest BCUT2D eigenvalue weighted by molar-refractivity contribution is 7.91. The molecule has 1 unspecified atom stereocenters. The van der Waals surface area contributed by atoms with E-state index in [2.05, 4.69) is 5.32 Å². The summed E-state index contributed by atoms with van der Waals surface area (Å²) in [4.78, 5) is 13.2. The van der Waals surface area contributed by atoms with Crippen LogP contribution < -0.4 is 10.1 Å². The molecule has 27 heavy (non-hydrogen) atoms. The Hall–Kier alpha value is -2.64. The van der Waals surface area contributed by atoms with Gasteiger partial charge in [0.05, 0.1) is 12.0 Å². The molecule has 0 fully saturated rings. The Morgan fingerprint density at radius 1 is 1.04 bits per heavy atom. The zero-order valence-corrected chi connectivity index (χ0v) is 16.3. The summed E-state index contributed by atoms with van der Waals surface area (Å²) < 4.78 is 31.5. The Balaban J connectivity index is 1.86. The van der Waals surface area contributed by atoms with Crippen molar-refractivity contribution < 1.29 is 17.9 Å². The Kier molecular flexibility index (Phi) is 5.93.